The van der Waals surface area contributed by atoms with Gasteiger partial charge in [0.25, 0.3) is 0 Å². The summed E-state index contributed by atoms with van der Waals surface area (Å²) in [6, 6.07) is 11.8. The van der Waals surface area contributed by atoms with Gasteiger partial charge in [-0.15, -0.1) is 12.3 Å². The summed E-state index contributed by atoms with van der Waals surface area (Å²) in [7, 11) is 0. The van der Waals surface area contributed by atoms with E-state index >= 15 is 0 Å². The molecule has 20 heavy (non-hydrogen) atoms. The van der Waals surface area contributed by atoms with Crippen LogP contribution in [0.3, 0.4) is 0 Å². The van der Waals surface area contributed by atoms with Crippen molar-refractivity contribution in [2.75, 3.05) is 0 Å². The summed E-state index contributed by atoms with van der Waals surface area (Å²) in [6.45, 7) is 0. The van der Waals surface area contributed by atoms with Gasteiger partial charge in [-0.3, -0.25) is 4.98 Å². The number of aromatic nitrogens is 1. The van der Waals surface area contributed by atoms with Crippen LogP contribution in [0.25, 0.3) is 6.08 Å². The average Bonchev–Trinajstić information content (AvgIpc) is 2.93. The maximum Gasteiger partial charge on any atom is 0.122 e. The van der Waals surface area contributed by atoms with Crippen molar-refractivity contribution in [1.82, 2.24) is 4.98 Å². The Balaban J connectivity index is 2.04. The molecule has 0 spiro atoms. The van der Waals surface area contributed by atoms with Crippen molar-refractivity contribution in [2.45, 2.75) is 18.4 Å². The standard InChI is InChI=1S/C18H15NO/c1-2-9-18(20,16-7-10-19-11-8-16)17-12-14-5-3-4-6-15(14)13-17/h1,3-8,10-12,20H,9,13H2. The van der Waals surface area contributed by atoms with Crippen LogP contribution in [-0.2, 0) is 12.0 Å². The van der Waals surface area contributed by atoms with E-state index in [-0.39, 0.29) is 6.42 Å². The number of aliphatic hydroxyl groups is 1. The molecular formula is C18H15NO. The van der Waals surface area contributed by atoms with Crippen molar-refractivity contribution >= 4 is 6.08 Å². The molecule has 0 saturated carbocycles. The number of pyridine rings is 1. The molecule has 3 rings (SSSR count). The number of rotatable bonds is 3. The van der Waals surface area contributed by atoms with E-state index in [2.05, 4.69) is 23.0 Å². The highest BCUT2D eigenvalue weighted by Gasteiger charge is 2.35. The van der Waals surface area contributed by atoms with Gasteiger partial charge < -0.3 is 5.11 Å². The van der Waals surface area contributed by atoms with Crippen LogP contribution in [0.1, 0.15) is 23.1 Å². The summed E-state index contributed by atoms with van der Waals surface area (Å²) in [6.07, 6.45) is 11.9. The van der Waals surface area contributed by atoms with Crippen LogP contribution in [-0.4, -0.2) is 10.1 Å². The van der Waals surface area contributed by atoms with E-state index in [4.69, 9.17) is 6.42 Å². The molecule has 1 unspecified atom stereocenters. The number of fused-ring (bicyclic) bond motifs is 1. The Labute approximate surface area is 118 Å². The SMILES string of the molecule is C#CCC(O)(C1=Cc2ccccc2C1)c1ccncc1. The molecular weight excluding hydrogens is 246 g/mol. The van der Waals surface area contributed by atoms with Gasteiger partial charge in [0.2, 0.25) is 0 Å². The normalized spacial score (nSPS) is 15.9. The first-order chi connectivity index (χ1) is 9.74. The van der Waals surface area contributed by atoms with Crippen LogP contribution in [0, 0.1) is 12.3 Å². The maximum atomic E-state index is 11.1. The molecule has 1 aliphatic carbocycles. The number of nitrogens with zero attached hydrogens (tertiary/aromatic N) is 1. The summed E-state index contributed by atoms with van der Waals surface area (Å²) in [5, 5.41) is 11.1. The minimum absolute atomic E-state index is 0.261. The molecule has 0 fully saturated rings. The lowest BCUT2D eigenvalue weighted by Crippen LogP contribution is -2.28. The fourth-order valence-corrected chi connectivity index (χ4v) is 2.72. The molecule has 0 bridgehead atoms. The molecule has 1 N–H and O–H groups in total. The van der Waals surface area contributed by atoms with Crippen molar-refractivity contribution < 1.29 is 5.11 Å². The predicted octanol–water partition coefficient (Wildman–Crippen LogP) is 2.93. The van der Waals surface area contributed by atoms with E-state index in [0.717, 1.165) is 23.1 Å². The summed E-state index contributed by atoms with van der Waals surface area (Å²) in [4.78, 5) is 4.00. The second-order valence-electron chi connectivity index (χ2n) is 5.02. The van der Waals surface area contributed by atoms with Crippen LogP contribution in [0.5, 0.6) is 0 Å². The summed E-state index contributed by atoms with van der Waals surface area (Å²) < 4.78 is 0. The molecule has 0 saturated heterocycles. The zero-order valence-electron chi connectivity index (χ0n) is 11.1. The third-order valence-electron chi connectivity index (χ3n) is 3.81. The predicted molar refractivity (Wildman–Crippen MR) is 79.7 cm³/mol. The Kier molecular flexibility index (Phi) is 3.14. The quantitative estimate of drug-likeness (QED) is 0.862. The number of terminal acetylenes is 1. The molecule has 1 atom stereocenters. The lowest BCUT2D eigenvalue weighted by Gasteiger charge is -2.28. The van der Waals surface area contributed by atoms with Crippen LogP contribution in [0.4, 0.5) is 0 Å². The highest BCUT2D eigenvalue weighted by Crippen LogP contribution is 2.39. The molecule has 2 heteroatoms. The summed E-state index contributed by atoms with van der Waals surface area (Å²) in [5.41, 5.74) is 3.02. The van der Waals surface area contributed by atoms with Crippen molar-refractivity contribution in [3.63, 3.8) is 0 Å². The molecule has 2 aromatic rings. The van der Waals surface area contributed by atoms with Gasteiger partial charge >= 0.3 is 0 Å². The lowest BCUT2D eigenvalue weighted by atomic mass is 9.83. The first-order valence-corrected chi connectivity index (χ1v) is 6.59. The van der Waals surface area contributed by atoms with Crippen LogP contribution < -0.4 is 0 Å². The maximum absolute atomic E-state index is 11.1. The average molecular weight is 261 g/mol. The monoisotopic (exact) mass is 261 g/mol. The molecule has 1 aromatic carbocycles. The highest BCUT2D eigenvalue weighted by atomic mass is 16.3. The van der Waals surface area contributed by atoms with Gasteiger partial charge in [0.15, 0.2) is 0 Å². The minimum atomic E-state index is -1.11. The van der Waals surface area contributed by atoms with Gasteiger partial charge in [0.1, 0.15) is 5.60 Å². The fraction of sp³-hybridized carbons (Fsp3) is 0.167. The van der Waals surface area contributed by atoms with Crippen LogP contribution >= 0.6 is 0 Å². The molecule has 0 aliphatic heterocycles. The Hall–Kier alpha value is -2.37. The first kappa shape index (κ1) is 12.7. The topological polar surface area (TPSA) is 33.1 Å². The van der Waals surface area contributed by atoms with Gasteiger partial charge in [0.05, 0.1) is 0 Å². The minimum Gasteiger partial charge on any atom is -0.380 e. The molecule has 1 aliphatic rings. The molecule has 98 valence electrons. The second-order valence-corrected chi connectivity index (χ2v) is 5.02. The van der Waals surface area contributed by atoms with Gasteiger partial charge in [-0.05, 0) is 40.8 Å². The van der Waals surface area contributed by atoms with Gasteiger partial charge in [-0.2, -0.15) is 0 Å². The van der Waals surface area contributed by atoms with E-state index in [0.29, 0.717) is 0 Å². The molecule has 1 heterocycles. The Morgan fingerprint density at radius 1 is 1.20 bits per heavy atom. The Morgan fingerprint density at radius 2 is 1.95 bits per heavy atom. The molecule has 0 amide bonds. The molecule has 0 radical (unpaired) electrons. The van der Waals surface area contributed by atoms with Gasteiger partial charge in [0, 0.05) is 18.8 Å². The smallest absolute Gasteiger partial charge is 0.122 e. The van der Waals surface area contributed by atoms with Crippen molar-refractivity contribution in [1.29, 1.82) is 0 Å². The van der Waals surface area contributed by atoms with Crippen molar-refractivity contribution in [3.05, 3.63) is 71.1 Å². The Morgan fingerprint density at radius 3 is 2.65 bits per heavy atom. The molecule has 1 aromatic heterocycles. The largest absolute Gasteiger partial charge is 0.380 e. The fourth-order valence-electron chi connectivity index (χ4n) is 2.72. The zero-order chi connectivity index (χ0) is 14.0. The number of hydrogen-bond donors (Lipinski definition) is 1. The van der Waals surface area contributed by atoms with E-state index in [1.807, 2.05) is 30.3 Å². The van der Waals surface area contributed by atoms with E-state index < -0.39 is 5.60 Å². The second kappa shape index (κ2) is 4.96. The highest BCUT2D eigenvalue weighted by molar-refractivity contribution is 5.66. The van der Waals surface area contributed by atoms with Gasteiger partial charge in [-0.1, -0.05) is 30.3 Å². The zero-order valence-corrected chi connectivity index (χ0v) is 11.1. The third kappa shape index (κ3) is 2.03. The Bertz CT molecular complexity index is 697. The van der Waals surface area contributed by atoms with Crippen LogP contribution in [0.15, 0.2) is 54.4 Å². The number of hydrogen-bond acceptors (Lipinski definition) is 2. The lowest BCUT2D eigenvalue weighted by molar-refractivity contribution is 0.0810. The number of benzene rings is 1. The van der Waals surface area contributed by atoms with Gasteiger partial charge in [-0.25, -0.2) is 0 Å². The third-order valence-corrected chi connectivity index (χ3v) is 3.81. The first-order valence-electron chi connectivity index (χ1n) is 6.59. The summed E-state index contributed by atoms with van der Waals surface area (Å²) >= 11 is 0. The summed E-state index contributed by atoms with van der Waals surface area (Å²) in [5.74, 6) is 2.60. The van der Waals surface area contributed by atoms with E-state index in [1.165, 1.54) is 5.56 Å². The van der Waals surface area contributed by atoms with E-state index in [9.17, 15) is 5.11 Å². The van der Waals surface area contributed by atoms with Crippen LogP contribution in [0.2, 0.25) is 0 Å². The van der Waals surface area contributed by atoms with Crippen molar-refractivity contribution in [3.8, 4) is 12.3 Å². The van der Waals surface area contributed by atoms with Crippen molar-refractivity contribution in [2.24, 2.45) is 0 Å². The molecule has 2 nitrogen and oxygen atoms in total. The van der Waals surface area contributed by atoms with E-state index in [1.54, 1.807) is 12.4 Å².